The minimum Gasteiger partial charge on any atom is -0.0871 e. The van der Waals surface area contributed by atoms with Crippen LogP contribution in [0.4, 0.5) is 0 Å². The highest BCUT2D eigenvalue weighted by atomic mass is 31.1. The predicted molar refractivity (Wildman–Crippen MR) is 37.9 cm³/mol. The van der Waals surface area contributed by atoms with Gasteiger partial charge in [-0.25, -0.2) is 0 Å². The van der Waals surface area contributed by atoms with E-state index in [2.05, 4.69) is 23.8 Å². The van der Waals surface area contributed by atoms with Crippen LogP contribution in [0.5, 0.6) is 0 Å². The second-order valence-electron chi connectivity index (χ2n) is 1.17. The lowest BCUT2D eigenvalue weighted by molar-refractivity contribution is 1.77. The van der Waals surface area contributed by atoms with Gasteiger partial charge in [0.25, 0.3) is 0 Å². The van der Waals surface area contributed by atoms with Crippen LogP contribution in [0.3, 0.4) is 0 Å². The van der Waals surface area contributed by atoms with E-state index in [9.17, 15) is 0 Å². The fourth-order valence-corrected chi connectivity index (χ4v) is 0.744. The van der Waals surface area contributed by atoms with E-state index in [1.54, 1.807) is 0 Å². The van der Waals surface area contributed by atoms with Gasteiger partial charge in [0.1, 0.15) is 0 Å². The van der Waals surface area contributed by atoms with Crippen molar-refractivity contribution in [2.75, 3.05) is 0 Å². The molecule has 0 radical (unpaired) electrons. The van der Waals surface area contributed by atoms with Gasteiger partial charge in [0, 0.05) is 0 Å². The summed E-state index contributed by atoms with van der Waals surface area (Å²) in [5.41, 5.74) is 0. The van der Waals surface area contributed by atoms with Gasteiger partial charge in [-0.15, -0.1) is 0 Å². The van der Waals surface area contributed by atoms with E-state index in [0.29, 0.717) is 0 Å². The van der Waals surface area contributed by atoms with Crippen molar-refractivity contribution >= 4 is 8.58 Å². The van der Waals surface area contributed by atoms with Gasteiger partial charge >= 0.3 is 0 Å². The zero-order valence-electron chi connectivity index (χ0n) is 4.81. The molecule has 0 atom stereocenters. The fraction of sp³-hybridized carbons (Fsp3) is 0.333. The van der Waals surface area contributed by atoms with Crippen molar-refractivity contribution in [3.05, 3.63) is 23.8 Å². The molecule has 0 aliphatic carbocycles. The van der Waals surface area contributed by atoms with Gasteiger partial charge in [-0.1, -0.05) is 32.4 Å². The van der Waals surface area contributed by atoms with Crippen LogP contribution in [0, 0.1) is 0 Å². The summed E-state index contributed by atoms with van der Waals surface area (Å²) < 4.78 is 0. The maximum absolute atomic E-state index is 2.15. The normalized spacial score (nSPS) is 11.7. The largest absolute Gasteiger partial charge is 0.0871 e. The second kappa shape index (κ2) is 5.91. The first kappa shape index (κ1) is 6.91. The summed E-state index contributed by atoms with van der Waals surface area (Å²) in [4.78, 5) is 0. The summed E-state index contributed by atoms with van der Waals surface area (Å²) in [5, 5.41) is 0. The summed E-state index contributed by atoms with van der Waals surface area (Å²) in [6.45, 7) is 4.08. The highest BCUT2D eigenvalue weighted by molar-refractivity contribution is 7.45. The maximum Gasteiger partial charge on any atom is -0.0466 e. The molecule has 0 aromatic heterocycles. The average molecular weight is 114 g/mol. The second-order valence-corrected chi connectivity index (χ2v) is 2.17. The SMILES string of the molecule is C/C=C\P/C=C\C. The van der Waals surface area contributed by atoms with Crippen molar-refractivity contribution in [1.29, 1.82) is 0 Å². The lowest BCUT2D eigenvalue weighted by Crippen LogP contribution is -1.35. The fourth-order valence-electron chi connectivity index (χ4n) is 0.248. The van der Waals surface area contributed by atoms with Crippen LogP contribution in [-0.4, -0.2) is 0 Å². The molecule has 0 saturated carbocycles. The Bertz CT molecular complexity index is 62.2. The van der Waals surface area contributed by atoms with Gasteiger partial charge in [-0.2, -0.15) is 0 Å². The highest BCUT2D eigenvalue weighted by Crippen LogP contribution is 2.11. The molecule has 0 nitrogen and oxygen atoms in total. The Balaban J connectivity index is 2.98. The van der Waals surface area contributed by atoms with Crippen molar-refractivity contribution in [2.24, 2.45) is 0 Å². The third-order valence-electron chi connectivity index (χ3n) is 0.526. The molecule has 0 aromatic rings. The molecule has 0 saturated heterocycles. The van der Waals surface area contributed by atoms with E-state index in [1.165, 1.54) is 0 Å². The van der Waals surface area contributed by atoms with Crippen LogP contribution < -0.4 is 0 Å². The minimum absolute atomic E-state index is 0.871. The number of hydrogen-bond donors (Lipinski definition) is 0. The molecular formula is C6H11P. The third-order valence-corrected chi connectivity index (χ3v) is 1.58. The first-order valence-corrected chi connectivity index (χ1v) is 3.55. The van der Waals surface area contributed by atoms with E-state index in [4.69, 9.17) is 0 Å². The minimum atomic E-state index is 0.871. The average Bonchev–Trinajstić information content (AvgIpc) is 1.69. The highest BCUT2D eigenvalue weighted by Gasteiger charge is 1.60. The summed E-state index contributed by atoms with van der Waals surface area (Å²) in [7, 11) is 0.871. The number of allylic oxidation sites excluding steroid dienone is 2. The van der Waals surface area contributed by atoms with Gasteiger partial charge in [0.05, 0.1) is 0 Å². The van der Waals surface area contributed by atoms with Gasteiger partial charge in [0.2, 0.25) is 0 Å². The Morgan fingerprint density at radius 2 is 1.43 bits per heavy atom. The van der Waals surface area contributed by atoms with E-state index in [-0.39, 0.29) is 0 Å². The van der Waals surface area contributed by atoms with Crippen LogP contribution >= 0.6 is 8.58 Å². The monoisotopic (exact) mass is 114 g/mol. The molecule has 0 fully saturated rings. The molecule has 0 rings (SSSR count). The van der Waals surface area contributed by atoms with E-state index in [0.717, 1.165) is 8.58 Å². The standard InChI is InChI=1S/C6H11P/c1-3-5-7-6-4-2/h3-7H,1-2H3/b5-3-,6-4-. The molecule has 0 aliphatic heterocycles. The summed E-state index contributed by atoms with van der Waals surface area (Å²) in [6.07, 6.45) is 4.14. The molecule has 40 valence electrons. The molecule has 0 spiro atoms. The molecule has 0 aliphatic rings. The van der Waals surface area contributed by atoms with Crippen LogP contribution in [0.1, 0.15) is 13.8 Å². The lowest BCUT2D eigenvalue weighted by atomic mass is 10.8. The number of rotatable bonds is 2. The van der Waals surface area contributed by atoms with Crippen LogP contribution in [0.2, 0.25) is 0 Å². The third kappa shape index (κ3) is 5.91. The van der Waals surface area contributed by atoms with E-state index < -0.39 is 0 Å². The molecule has 0 aromatic carbocycles. The summed E-state index contributed by atoms with van der Waals surface area (Å²) in [5.74, 6) is 4.31. The quantitative estimate of drug-likeness (QED) is 0.484. The van der Waals surface area contributed by atoms with Crippen LogP contribution in [0.15, 0.2) is 23.8 Å². The summed E-state index contributed by atoms with van der Waals surface area (Å²) >= 11 is 0. The first-order chi connectivity index (χ1) is 3.41. The van der Waals surface area contributed by atoms with E-state index in [1.807, 2.05) is 13.8 Å². The molecule has 0 N–H and O–H groups in total. The maximum atomic E-state index is 2.15. The van der Waals surface area contributed by atoms with Gasteiger partial charge in [0.15, 0.2) is 0 Å². The van der Waals surface area contributed by atoms with Gasteiger partial charge < -0.3 is 0 Å². The Morgan fingerprint density at radius 3 is 1.71 bits per heavy atom. The zero-order chi connectivity index (χ0) is 5.54. The Hall–Kier alpha value is -0.0900. The van der Waals surface area contributed by atoms with Crippen molar-refractivity contribution < 1.29 is 0 Å². The molecule has 7 heavy (non-hydrogen) atoms. The Morgan fingerprint density at radius 1 is 1.00 bits per heavy atom. The molecular weight excluding hydrogens is 103 g/mol. The lowest BCUT2D eigenvalue weighted by Gasteiger charge is -1.74. The van der Waals surface area contributed by atoms with Crippen molar-refractivity contribution in [3.63, 3.8) is 0 Å². The first-order valence-electron chi connectivity index (χ1n) is 2.40. The zero-order valence-corrected chi connectivity index (χ0v) is 5.81. The topological polar surface area (TPSA) is 0 Å². The Labute approximate surface area is 47.1 Å². The molecule has 0 amide bonds. The summed E-state index contributed by atoms with van der Waals surface area (Å²) in [6, 6.07) is 0. The van der Waals surface area contributed by atoms with Crippen LogP contribution in [0.25, 0.3) is 0 Å². The van der Waals surface area contributed by atoms with Gasteiger partial charge in [-0.05, 0) is 13.8 Å². The molecule has 1 heteroatoms. The Kier molecular flexibility index (Phi) is 5.83. The van der Waals surface area contributed by atoms with Crippen molar-refractivity contribution in [1.82, 2.24) is 0 Å². The smallest absolute Gasteiger partial charge is 0.0466 e. The molecule has 0 unspecified atom stereocenters. The van der Waals surface area contributed by atoms with Gasteiger partial charge in [-0.3, -0.25) is 0 Å². The predicted octanol–water partition coefficient (Wildman–Crippen LogP) is 2.73. The van der Waals surface area contributed by atoms with Crippen LogP contribution in [-0.2, 0) is 0 Å². The van der Waals surface area contributed by atoms with Crippen molar-refractivity contribution in [2.45, 2.75) is 13.8 Å². The number of hydrogen-bond acceptors (Lipinski definition) is 0. The molecule has 0 heterocycles. The molecule has 0 bridgehead atoms. The van der Waals surface area contributed by atoms with Crippen molar-refractivity contribution in [3.8, 4) is 0 Å². The van der Waals surface area contributed by atoms with E-state index >= 15 is 0 Å².